The minimum atomic E-state index is -0.810. The van der Waals surface area contributed by atoms with Crippen LogP contribution in [-0.2, 0) is 21.6 Å². The Labute approximate surface area is 176 Å². The van der Waals surface area contributed by atoms with Crippen molar-refractivity contribution in [3.05, 3.63) is 48.3 Å². The van der Waals surface area contributed by atoms with Crippen LogP contribution < -0.4 is 15.1 Å². The number of aliphatic hydroxyl groups excluding tert-OH is 1. The van der Waals surface area contributed by atoms with Gasteiger partial charge in [0.15, 0.2) is 5.82 Å². The van der Waals surface area contributed by atoms with Gasteiger partial charge in [0.2, 0.25) is 5.91 Å². The minimum absolute atomic E-state index is 0.0809. The third-order valence-electron chi connectivity index (χ3n) is 5.55. The van der Waals surface area contributed by atoms with Crippen molar-refractivity contribution in [2.75, 3.05) is 48.0 Å². The summed E-state index contributed by atoms with van der Waals surface area (Å²) in [5, 5.41) is 12.9. The largest absolute Gasteiger partial charge is 0.388 e. The van der Waals surface area contributed by atoms with E-state index in [2.05, 4.69) is 26.8 Å². The van der Waals surface area contributed by atoms with Crippen molar-refractivity contribution in [3.63, 3.8) is 0 Å². The number of carbonyl (C=O) groups excluding carboxylic acids is 1. The number of rotatable bonds is 6. The lowest BCUT2D eigenvalue weighted by atomic mass is 9.87. The summed E-state index contributed by atoms with van der Waals surface area (Å²) in [5.74, 6) is 1.24. The highest BCUT2D eigenvalue weighted by Crippen LogP contribution is 2.47. The normalized spacial score (nSPS) is 17.8. The fraction of sp³-hybridized carbons (Fsp3) is 0.409. The number of fused-ring (bicyclic) bond motifs is 1. The van der Waals surface area contributed by atoms with Crippen molar-refractivity contribution in [1.82, 2.24) is 9.97 Å². The molecule has 0 spiro atoms. The lowest BCUT2D eigenvalue weighted by molar-refractivity contribution is -0.121. The number of ether oxygens (including phenoxy) is 1. The molecule has 30 heavy (non-hydrogen) atoms. The fourth-order valence-electron chi connectivity index (χ4n) is 3.96. The second-order valence-corrected chi connectivity index (χ2v) is 7.90. The first-order chi connectivity index (χ1) is 14.5. The predicted octanol–water partition coefficient (Wildman–Crippen LogP) is 2.36. The van der Waals surface area contributed by atoms with E-state index in [-0.39, 0.29) is 18.3 Å². The average molecular weight is 409 g/mol. The molecule has 1 amide bonds. The van der Waals surface area contributed by atoms with Gasteiger partial charge < -0.3 is 20.1 Å². The molecule has 0 bridgehead atoms. The Morgan fingerprint density at radius 3 is 2.50 bits per heavy atom. The highest BCUT2D eigenvalue weighted by atomic mass is 16.5. The zero-order valence-corrected chi connectivity index (χ0v) is 17.4. The molecule has 2 aromatic rings. The van der Waals surface area contributed by atoms with Gasteiger partial charge in [0.1, 0.15) is 18.2 Å². The first-order valence-corrected chi connectivity index (χ1v) is 10.1. The summed E-state index contributed by atoms with van der Waals surface area (Å²) in [4.78, 5) is 26.2. The molecule has 2 aliphatic rings. The highest BCUT2D eigenvalue weighted by molar-refractivity contribution is 6.12. The molecule has 4 rings (SSSR count). The molecule has 8 nitrogen and oxygen atoms in total. The second-order valence-electron chi connectivity index (χ2n) is 7.90. The van der Waals surface area contributed by atoms with E-state index < -0.39 is 5.41 Å². The predicted molar refractivity (Wildman–Crippen MR) is 116 cm³/mol. The number of nitrogens with zero attached hydrogens (tertiary/aromatic N) is 4. The van der Waals surface area contributed by atoms with Gasteiger partial charge >= 0.3 is 0 Å². The van der Waals surface area contributed by atoms with Gasteiger partial charge in [-0.1, -0.05) is 6.08 Å². The summed E-state index contributed by atoms with van der Waals surface area (Å²) in [7, 11) is 0. The maximum Gasteiger partial charge on any atom is 0.243 e. The molecule has 8 heteroatoms. The molecule has 0 radical (unpaired) electrons. The molecule has 0 saturated carbocycles. The number of nitrogens with one attached hydrogen (secondary N) is 1. The van der Waals surface area contributed by atoms with Gasteiger partial charge in [-0.15, -0.1) is 6.58 Å². The average Bonchev–Trinajstić information content (AvgIpc) is 2.98. The highest BCUT2D eigenvalue weighted by Gasteiger charge is 2.48. The van der Waals surface area contributed by atoms with Crippen molar-refractivity contribution in [2.45, 2.75) is 25.9 Å². The van der Waals surface area contributed by atoms with Gasteiger partial charge in [0.05, 0.1) is 29.9 Å². The number of benzene rings is 1. The van der Waals surface area contributed by atoms with Gasteiger partial charge in [0, 0.05) is 25.3 Å². The molecule has 158 valence electrons. The second kappa shape index (κ2) is 8.04. The number of carbonyl (C=O) groups is 1. The van der Waals surface area contributed by atoms with Crippen LogP contribution in [0.4, 0.5) is 23.0 Å². The van der Waals surface area contributed by atoms with Crippen molar-refractivity contribution in [3.8, 4) is 0 Å². The summed E-state index contributed by atoms with van der Waals surface area (Å²) < 4.78 is 5.42. The number of hydrogen-bond acceptors (Lipinski definition) is 7. The molecule has 0 aliphatic carbocycles. The number of hydrogen-bond donors (Lipinski definition) is 2. The molecule has 1 fully saturated rings. The summed E-state index contributed by atoms with van der Waals surface area (Å²) in [6.07, 6.45) is 1.72. The molecule has 0 unspecified atom stereocenters. The van der Waals surface area contributed by atoms with E-state index in [0.29, 0.717) is 18.2 Å². The molecule has 1 aromatic carbocycles. The van der Waals surface area contributed by atoms with Crippen molar-refractivity contribution in [2.24, 2.45) is 0 Å². The lowest BCUT2D eigenvalue weighted by Gasteiger charge is -2.29. The van der Waals surface area contributed by atoms with Crippen molar-refractivity contribution < 1.29 is 14.6 Å². The van der Waals surface area contributed by atoms with Gasteiger partial charge in [0.25, 0.3) is 0 Å². The fourth-order valence-corrected chi connectivity index (χ4v) is 3.96. The molecule has 1 aromatic heterocycles. The first-order valence-electron chi connectivity index (χ1n) is 10.1. The smallest absolute Gasteiger partial charge is 0.243 e. The topological polar surface area (TPSA) is 90.8 Å². The van der Waals surface area contributed by atoms with E-state index in [1.807, 2.05) is 38.1 Å². The molecule has 2 aliphatic heterocycles. The lowest BCUT2D eigenvalue weighted by Crippen LogP contribution is -2.36. The Balaban J connectivity index is 1.75. The zero-order chi connectivity index (χ0) is 21.3. The molecule has 0 atom stereocenters. The summed E-state index contributed by atoms with van der Waals surface area (Å²) >= 11 is 0. The van der Waals surface area contributed by atoms with Gasteiger partial charge in [-0.05, 0) is 38.1 Å². The molecular formula is C22H27N5O3. The van der Waals surface area contributed by atoms with E-state index in [1.165, 1.54) is 0 Å². The van der Waals surface area contributed by atoms with Crippen LogP contribution in [0, 0.1) is 0 Å². The Bertz CT molecular complexity index is 952. The number of aromatic nitrogens is 2. The van der Waals surface area contributed by atoms with Crippen LogP contribution in [0.2, 0.25) is 0 Å². The molecule has 3 heterocycles. The molecule has 2 N–H and O–H groups in total. The number of aliphatic hydroxyl groups is 1. The van der Waals surface area contributed by atoms with E-state index in [4.69, 9.17) is 4.74 Å². The van der Waals surface area contributed by atoms with Gasteiger partial charge in [-0.25, -0.2) is 9.97 Å². The maximum atomic E-state index is 13.4. The number of morpholine rings is 1. The van der Waals surface area contributed by atoms with Gasteiger partial charge in [-0.2, -0.15) is 0 Å². The third-order valence-corrected chi connectivity index (χ3v) is 5.55. The summed E-state index contributed by atoms with van der Waals surface area (Å²) in [5.41, 5.74) is 1.75. The van der Waals surface area contributed by atoms with Crippen LogP contribution in [0.1, 0.15) is 25.2 Å². The Kier molecular flexibility index (Phi) is 5.44. The standard InChI is InChI=1S/C22H27N5O3/c1-4-9-23-19-18-20(25-17(14-28)24-19)27(21(29)22(18,2)3)16-7-5-15(6-8-16)26-10-12-30-13-11-26/h4-8,28H,1,9-14H2,2-3H3,(H,23,24,25). The van der Waals surface area contributed by atoms with E-state index in [9.17, 15) is 9.90 Å². The third kappa shape index (κ3) is 3.42. The summed E-state index contributed by atoms with van der Waals surface area (Å²) in [6, 6.07) is 7.91. The molecular weight excluding hydrogens is 382 g/mol. The van der Waals surface area contributed by atoms with Gasteiger partial charge in [-0.3, -0.25) is 9.69 Å². The monoisotopic (exact) mass is 409 g/mol. The Morgan fingerprint density at radius 1 is 1.20 bits per heavy atom. The van der Waals surface area contributed by atoms with E-state index in [0.717, 1.165) is 43.2 Å². The van der Waals surface area contributed by atoms with Crippen LogP contribution in [0.5, 0.6) is 0 Å². The van der Waals surface area contributed by atoms with Crippen LogP contribution >= 0.6 is 0 Å². The van der Waals surface area contributed by atoms with Crippen LogP contribution in [0.3, 0.4) is 0 Å². The SMILES string of the molecule is C=CCNc1nc(CO)nc2c1C(C)(C)C(=O)N2c1ccc(N2CCOCC2)cc1. The van der Waals surface area contributed by atoms with Crippen molar-refractivity contribution >= 4 is 28.9 Å². The Hall–Kier alpha value is -2.97. The quantitative estimate of drug-likeness (QED) is 0.708. The van der Waals surface area contributed by atoms with Crippen LogP contribution in [-0.4, -0.2) is 53.8 Å². The van der Waals surface area contributed by atoms with E-state index >= 15 is 0 Å². The number of anilines is 4. The van der Waals surface area contributed by atoms with E-state index in [1.54, 1.807) is 11.0 Å². The summed E-state index contributed by atoms with van der Waals surface area (Å²) in [6.45, 7) is 10.8. The van der Waals surface area contributed by atoms with Crippen LogP contribution in [0.25, 0.3) is 0 Å². The molecule has 1 saturated heterocycles. The van der Waals surface area contributed by atoms with Crippen molar-refractivity contribution in [1.29, 1.82) is 0 Å². The minimum Gasteiger partial charge on any atom is -0.388 e. The maximum absolute atomic E-state index is 13.4. The Morgan fingerprint density at radius 2 is 1.87 bits per heavy atom. The van der Waals surface area contributed by atoms with Crippen LogP contribution in [0.15, 0.2) is 36.9 Å². The first kappa shape index (κ1) is 20.3. The number of amides is 1. The zero-order valence-electron chi connectivity index (χ0n) is 17.4.